The van der Waals surface area contributed by atoms with E-state index >= 15 is 0 Å². The summed E-state index contributed by atoms with van der Waals surface area (Å²) in [6.07, 6.45) is 0. The number of carbonyl (C=O) groups is 1. The lowest BCUT2D eigenvalue weighted by Gasteiger charge is -2.20. The topological polar surface area (TPSA) is 66.6 Å². The second kappa shape index (κ2) is 5.84. The van der Waals surface area contributed by atoms with Crippen LogP contribution in [-0.4, -0.2) is 18.1 Å². The molecule has 0 spiro atoms. The number of benzene rings is 2. The van der Waals surface area contributed by atoms with E-state index in [1.807, 2.05) is 36.2 Å². The zero-order valence-corrected chi connectivity index (χ0v) is 11.8. The number of rotatable bonds is 4. The fourth-order valence-electron chi connectivity index (χ4n) is 1.97. The van der Waals surface area contributed by atoms with Crippen molar-refractivity contribution in [2.45, 2.75) is 6.54 Å². The smallest absolute Gasteiger partial charge is 0.337 e. The van der Waals surface area contributed by atoms with Gasteiger partial charge < -0.3 is 15.7 Å². The number of carboxylic acid groups (broad SMARTS) is 1. The third kappa shape index (κ3) is 3.22. The van der Waals surface area contributed by atoms with E-state index in [0.29, 0.717) is 11.6 Å². The normalized spacial score (nSPS) is 10.3. The summed E-state index contributed by atoms with van der Waals surface area (Å²) in [5.74, 6) is -1.03. The molecule has 0 aliphatic heterocycles. The fourth-order valence-corrected chi connectivity index (χ4v) is 2.18. The van der Waals surface area contributed by atoms with Crippen LogP contribution in [0.25, 0.3) is 0 Å². The molecule has 0 fully saturated rings. The van der Waals surface area contributed by atoms with Crippen LogP contribution in [0.4, 0.5) is 11.4 Å². The quantitative estimate of drug-likeness (QED) is 0.848. The zero-order valence-electron chi connectivity index (χ0n) is 11.0. The van der Waals surface area contributed by atoms with Crippen molar-refractivity contribution in [1.82, 2.24) is 0 Å². The van der Waals surface area contributed by atoms with Crippen LogP contribution in [0.1, 0.15) is 15.9 Å². The Balaban J connectivity index is 2.23. The Hall–Kier alpha value is -2.20. The molecule has 20 heavy (non-hydrogen) atoms. The largest absolute Gasteiger partial charge is 0.478 e. The molecule has 0 aliphatic rings. The molecule has 0 saturated carbocycles. The third-order valence-corrected chi connectivity index (χ3v) is 3.25. The van der Waals surface area contributed by atoms with E-state index in [0.717, 1.165) is 11.3 Å². The zero-order chi connectivity index (χ0) is 14.7. The number of nitrogens with two attached hydrogens (primary N) is 1. The molecule has 0 heterocycles. The Kier molecular flexibility index (Phi) is 4.15. The summed E-state index contributed by atoms with van der Waals surface area (Å²) < 4.78 is 0. The Labute approximate surface area is 122 Å². The molecule has 0 aromatic heterocycles. The van der Waals surface area contributed by atoms with Gasteiger partial charge in [0.1, 0.15) is 0 Å². The van der Waals surface area contributed by atoms with Gasteiger partial charge in [-0.15, -0.1) is 0 Å². The Morgan fingerprint density at radius 1 is 1.30 bits per heavy atom. The van der Waals surface area contributed by atoms with E-state index < -0.39 is 5.97 Å². The van der Waals surface area contributed by atoms with Gasteiger partial charge >= 0.3 is 5.97 Å². The lowest BCUT2D eigenvalue weighted by atomic mass is 10.1. The van der Waals surface area contributed by atoms with Crippen LogP contribution in [0.2, 0.25) is 5.02 Å². The summed E-state index contributed by atoms with van der Waals surface area (Å²) in [4.78, 5) is 13.0. The van der Waals surface area contributed by atoms with Crippen LogP contribution >= 0.6 is 11.6 Å². The van der Waals surface area contributed by atoms with Crippen molar-refractivity contribution in [3.05, 3.63) is 58.6 Å². The molecule has 0 atom stereocenters. The molecular weight excluding hydrogens is 276 g/mol. The van der Waals surface area contributed by atoms with Gasteiger partial charge in [0.05, 0.1) is 5.56 Å². The highest BCUT2D eigenvalue weighted by molar-refractivity contribution is 6.30. The number of halogens is 1. The van der Waals surface area contributed by atoms with Crippen molar-refractivity contribution in [3.63, 3.8) is 0 Å². The van der Waals surface area contributed by atoms with Gasteiger partial charge in [-0.1, -0.05) is 23.7 Å². The van der Waals surface area contributed by atoms with Gasteiger partial charge in [-0.25, -0.2) is 4.79 Å². The number of nitrogens with zero attached hydrogens (tertiary/aromatic N) is 1. The van der Waals surface area contributed by atoms with E-state index in [-0.39, 0.29) is 11.3 Å². The van der Waals surface area contributed by atoms with Crippen LogP contribution in [0.15, 0.2) is 42.5 Å². The maximum absolute atomic E-state index is 11.1. The predicted molar refractivity (Wildman–Crippen MR) is 81.4 cm³/mol. The van der Waals surface area contributed by atoms with Crippen molar-refractivity contribution in [3.8, 4) is 0 Å². The lowest BCUT2D eigenvalue weighted by Crippen LogP contribution is -2.17. The molecule has 5 heteroatoms. The Bertz CT molecular complexity index is 644. The summed E-state index contributed by atoms with van der Waals surface area (Å²) in [5, 5.41) is 9.76. The Morgan fingerprint density at radius 3 is 2.70 bits per heavy atom. The first-order valence-electron chi connectivity index (χ1n) is 6.06. The second-order valence-corrected chi connectivity index (χ2v) is 5.00. The number of anilines is 2. The van der Waals surface area contributed by atoms with Crippen molar-refractivity contribution in [2.24, 2.45) is 0 Å². The number of carboxylic acids is 1. The maximum Gasteiger partial charge on any atom is 0.337 e. The van der Waals surface area contributed by atoms with Crippen LogP contribution < -0.4 is 10.6 Å². The first kappa shape index (κ1) is 14.2. The third-order valence-electron chi connectivity index (χ3n) is 3.02. The summed E-state index contributed by atoms with van der Waals surface area (Å²) in [6.45, 7) is 0.629. The highest BCUT2D eigenvalue weighted by atomic mass is 35.5. The van der Waals surface area contributed by atoms with E-state index in [2.05, 4.69) is 0 Å². The first-order valence-corrected chi connectivity index (χ1v) is 6.43. The van der Waals surface area contributed by atoms with Gasteiger partial charge in [0.25, 0.3) is 0 Å². The van der Waals surface area contributed by atoms with Gasteiger partial charge in [-0.2, -0.15) is 0 Å². The molecule has 0 radical (unpaired) electrons. The molecule has 0 aliphatic carbocycles. The average molecular weight is 291 g/mol. The standard InChI is InChI=1S/C15H15ClN2O2/c1-18(9-10-3-2-4-11(16)7-10)12-5-6-14(17)13(8-12)15(19)20/h2-8H,9,17H2,1H3,(H,19,20). The molecular formula is C15H15ClN2O2. The van der Waals surface area contributed by atoms with Crippen molar-refractivity contribution < 1.29 is 9.90 Å². The monoisotopic (exact) mass is 290 g/mol. The molecule has 0 bridgehead atoms. The van der Waals surface area contributed by atoms with E-state index in [1.54, 1.807) is 18.2 Å². The summed E-state index contributed by atoms with van der Waals surface area (Å²) in [6, 6.07) is 12.5. The number of nitrogen functional groups attached to an aromatic ring is 1. The molecule has 2 aromatic carbocycles. The summed E-state index contributed by atoms with van der Waals surface area (Å²) in [5.41, 5.74) is 7.86. The lowest BCUT2D eigenvalue weighted by molar-refractivity contribution is 0.0698. The van der Waals surface area contributed by atoms with Gasteiger partial charge in [-0.05, 0) is 35.9 Å². The van der Waals surface area contributed by atoms with Gasteiger partial charge in [0.15, 0.2) is 0 Å². The van der Waals surface area contributed by atoms with Gasteiger partial charge in [0.2, 0.25) is 0 Å². The van der Waals surface area contributed by atoms with Crippen molar-refractivity contribution in [1.29, 1.82) is 0 Å². The van der Waals surface area contributed by atoms with Crippen LogP contribution in [0, 0.1) is 0 Å². The van der Waals surface area contributed by atoms with Gasteiger partial charge in [-0.3, -0.25) is 0 Å². The summed E-state index contributed by atoms with van der Waals surface area (Å²) in [7, 11) is 1.89. The van der Waals surface area contributed by atoms with E-state index in [9.17, 15) is 4.79 Å². The molecule has 0 saturated heterocycles. The Morgan fingerprint density at radius 2 is 2.05 bits per heavy atom. The molecule has 3 N–H and O–H groups in total. The first-order chi connectivity index (χ1) is 9.47. The molecule has 2 rings (SSSR count). The SMILES string of the molecule is CN(Cc1cccc(Cl)c1)c1ccc(N)c(C(=O)O)c1. The minimum atomic E-state index is -1.03. The van der Waals surface area contributed by atoms with E-state index in [1.165, 1.54) is 0 Å². The predicted octanol–water partition coefficient (Wildman–Crippen LogP) is 3.26. The molecule has 104 valence electrons. The number of aromatic carboxylic acids is 1. The van der Waals surface area contributed by atoms with Crippen molar-refractivity contribution in [2.75, 3.05) is 17.7 Å². The molecule has 2 aromatic rings. The second-order valence-electron chi connectivity index (χ2n) is 4.56. The average Bonchev–Trinajstić information content (AvgIpc) is 2.38. The minimum absolute atomic E-state index is 0.112. The molecule has 0 amide bonds. The van der Waals surface area contributed by atoms with E-state index in [4.69, 9.17) is 22.4 Å². The maximum atomic E-state index is 11.1. The molecule has 4 nitrogen and oxygen atoms in total. The minimum Gasteiger partial charge on any atom is -0.478 e. The van der Waals surface area contributed by atoms with Gasteiger partial charge in [0, 0.05) is 30.0 Å². The van der Waals surface area contributed by atoms with Crippen LogP contribution in [0.3, 0.4) is 0 Å². The number of hydrogen-bond donors (Lipinski definition) is 2. The van der Waals surface area contributed by atoms with Crippen LogP contribution in [0.5, 0.6) is 0 Å². The highest BCUT2D eigenvalue weighted by Gasteiger charge is 2.11. The highest BCUT2D eigenvalue weighted by Crippen LogP contribution is 2.22. The van der Waals surface area contributed by atoms with Crippen LogP contribution in [-0.2, 0) is 6.54 Å². The van der Waals surface area contributed by atoms with Crippen molar-refractivity contribution >= 4 is 28.9 Å². The fraction of sp³-hybridized carbons (Fsp3) is 0.133. The number of hydrogen-bond acceptors (Lipinski definition) is 3. The molecule has 0 unspecified atom stereocenters. The summed E-state index contributed by atoms with van der Waals surface area (Å²) >= 11 is 5.95.